The van der Waals surface area contributed by atoms with Crippen LogP contribution in [0.2, 0.25) is 0 Å². The summed E-state index contributed by atoms with van der Waals surface area (Å²) >= 11 is 0. The molecule has 5 nitrogen and oxygen atoms in total. The maximum absolute atomic E-state index is 11.8. The van der Waals surface area contributed by atoms with Crippen LogP contribution in [0.3, 0.4) is 0 Å². The van der Waals surface area contributed by atoms with E-state index in [2.05, 4.69) is 5.32 Å². The number of methoxy groups -OCH3 is 1. The predicted octanol–water partition coefficient (Wildman–Crippen LogP) is 1.01. The summed E-state index contributed by atoms with van der Waals surface area (Å²) in [6.07, 6.45) is 0.877. The second-order valence-corrected chi connectivity index (χ2v) is 4.91. The fourth-order valence-corrected chi connectivity index (χ4v) is 2.38. The Bertz CT molecular complexity index is 514. The molecular formula is C15H20N2O3. The van der Waals surface area contributed by atoms with E-state index in [9.17, 15) is 9.59 Å². The summed E-state index contributed by atoms with van der Waals surface area (Å²) < 4.78 is 4.89. The lowest BCUT2D eigenvalue weighted by atomic mass is 10.1. The standard InChI is InChI=1S/C15H20N2O3/c1-11(18)12-3-4-14-13(9-12)5-7-17(14)10-15(19)16-6-8-20-2/h3-4,9H,5-8,10H2,1-2H3,(H,16,19). The molecule has 0 fully saturated rings. The monoisotopic (exact) mass is 276 g/mol. The second kappa shape index (κ2) is 6.52. The van der Waals surface area contributed by atoms with Gasteiger partial charge in [-0.2, -0.15) is 0 Å². The summed E-state index contributed by atoms with van der Waals surface area (Å²) in [7, 11) is 1.61. The van der Waals surface area contributed by atoms with Crippen molar-refractivity contribution in [2.45, 2.75) is 13.3 Å². The van der Waals surface area contributed by atoms with E-state index >= 15 is 0 Å². The van der Waals surface area contributed by atoms with Gasteiger partial charge in [0.1, 0.15) is 0 Å². The lowest BCUT2D eigenvalue weighted by Crippen LogP contribution is -2.37. The number of Topliss-reactive ketones (excluding diaryl/α,β-unsaturated/α-hetero) is 1. The molecule has 1 aromatic carbocycles. The molecule has 5 heteroatoms. The lowest BCUT2D eigenvalue weighted by molar-refractivity contribution is -0.119. The van der Waals surface area contributed by atoms with Crippen molar-refractivity contribution in [1.82, 2.24) is 5.32 Å². The molecule has 0 bridgehead atoms. The van der Waals surface area contributed by atoms with Crippen LogP contribution in [-0.4, -0.2) is 45.0 Å². The molecule has 0 saturated carbocycles. The Morgan fingerprint density at radius 2 is 2.20 bits per heavy atom. The number of hydrogen-bond acceptors (Lipinski definition) is 4. The van der Waals surface area contributed by atoms with Crippen LogP contribution in [0, 0.1) is 0 Å². The zero-order chi connectivity index (χ0) is 14.5. The maximum Gasteiger partial charge on any atom is 0.239 e. The number of carbonyl (C=O) groups is 2. The predicted molar refractivity (Wildman–Crippen MR) is 77.2 cm³/mol. The fraction of sp³-hybridized carbons (Fsp3) is 0.467. The van der Waals surface area contributed by atoms with E-state index in [0.29, 0.717) is 19.7 Å². The summed E-state index contributed by atoms with van der Waals surface area (Å²) in [5.74, 6) is 0.0640. The molecule has 1 N–H and O–H groups in total. The van der Waals surface area contributed by atoms with Gasteiger partial charge >= 0.3 is 0 Å². The first kappa shape index (κ1) is 14.5. The highest BCUT2D eigenvalue weighted by molar-refractivity contribution is 5.95. The van der Waals surface area contributed by atoms with Gasteiger partial charge in [0, 0.05) is 31.5 Å². The average molecular weight is 276 g/mol. The number of carbonyl (C=O) groups excluding carboxylic acids is 2. The second-order valence-electron chi connectivity index (χ2n) is 4.91. The maximum atomic E-state index is 11.8. The van der Waals surface area contributed by atoms with E-state index in [1.165, 1.54) is 0 Å². The van der Waals surface area contributed by atoms with Gasteiger partial charge in [0.2, 0.25) is 5.91 Å². The summed E-state index contributed by atoms with van der Waals surface area (Å²) in [6, 6.07) is 5.68. The summed E-state index contributed by atoms with van der Waals surface area (Å²) in [4.78, 5) is 25.2. The molecule has 0 aromatic heterocycles. The minimum Gasteiger partial charge on any atom is -0.383 e. The molecule has 0 radical (unpaired) electrons. The topological polar surface area (TPSA) is 58.6 Å². The van der Waals surface area contributed by atoms with Crippen LogP contribution < -0.4 is 10.2 Å². The third-order valence-corrected chi connectivity index (χ3v) is 3.44. The van der Waals surface area contributed by atoms with Gasteiger partial charge in [-0.15, -0.1) is 0 Å². The van der Waals surface area contributed by atoms with Gasteiger partial charge in [0.15, 0.2) is 5.78 Å². The van der Waals surface area contributed by atoms with Crippen molar-refractivity contribution in [3.8, 4) is 0 Å². The third kappa shape index (κ3) is 3.36. The van der Waals surface area contributed by atoms with Crippen molar-refractivity contribution in [1.29, 1.82) is 0 Å². The average Bonchev–Trinajstić information content (AvgIpc) is 2.81. The van der Waals surface area contributed by atoms with E-state index in [0.717, 1.165) is 29.8 Å². The molecule has 1 heterocycles. The van der Waals surface area contributed by atoms with Gasteiger partial charge in [-0.3, -0.25) is 9.59 Å². The van der Waals surface area contributed by atoms with E-state index in [-0.39, 0.29) is 11.7 Å². The van der Waals surface area contributed by atoms with Crippen LogP contribution in [-0.2, 0) is 16.0 Å². The Hall–Kier alpha value is -1.88. The van der Waals surface area contributed by atoms with Crippen molar-refractivity contribution in [3.05, 3.63) is 29.3 Å². The van der Waals surface area contributed by atoms with E-state index in [1.807, 2.05) is 23.1 Å². The van der Waals surface area contributed by atoms with Crippen LogP contribution in [0.1, 0.15) is 22.8 Å². The van der Waals surface area contributed by atoms with Gasteiger partial charge in [-0.25, -0.2) is 0 Å². The number of benzene rings is 1. The van der Waals surface area contributed by atoms with Crippen molar-refractivity contribution in [2.24, 2.45) is 0 Å². The van der Waals surface area contributed by atoms with Crippen molar-refractivity contribution < 1.29 is 14.3 Å². The van der Waals surface area contributed by atoms with Crippen LogP contribution in [0.4, 0.5) is 5.69 Å². The fourth-order valence-electron chi connectivity index (χ4n) is 2.38. The molecule has 1 aliphatic heterocycles. The Morgan fingerprint density at radius 3 is 2.90 bits per heavy atom. The van der Waals surface area contributed by atoms with E-state index in [1.54, 1.807) is 14.0 Å². The molecule has 2 rings (SSSR count). The number of rotatable bonds is 6. The molecule has 0 unspecified atom stereocenters. The lowest BCUT2D eigenvalue weighted by Gasteiger charge is -2.18. The first-order chi connectivity index (χ1) is 9.61. The minimum atomic E-state index is -0.00876. The highest BCUT2D eigenvalue weighted by Gasteiger charge is 2.21. The summed E-state index contributed by atoms with van der Waals surface area (Å²) in [6.45, 7) is 3.77. The first-order valence-electron chi connectivity index (χ1n) is 6.76. The van der Waals surface area contributed by atoms with Crippen LogP contribution >= 0.6 is 0 Å². The quantitative estimate of drug-likeness (QED) is 0.622. The van der Waals surface area contributed by atoms with E-state index in [4.69, 9.17) is 4.74 Å². The smallest absolute Gasteiger partial charge is 0.239 e. The molecule has 0 spiro atoms. The largest absolute Gasteiger partial charge is 0.383 e. The number of anilines is 1. The van der Waals surface area contributed by atoms with Gasteiger partial charge in [0.05, 0.1) is 13.2 Å². The molecule has 0 atom stereocenters. The normalized spacial score (nSPS) is 13.2. The van der Waals surface area contributed by atoms with Crippen LogP contribution in [0.5, 0.6) is 0 Å². The highest BCUT2D eigenvalue weighted by atomic mass is 16.5. The van der Waals surface area contributed by atoms with Crippen LogP contribution in [0.25, 0.3) is 0 Å². The zero-order valence-electron chi connectivity index (χ0n) is 11.9. The third-order valence-electron chi connectivity index (χ3n) is 3.44. The SMILES string of the molecule is COCCNC(=O)CN1CCc2cc(C(C)=O)ccc21. The molecule has 0 saturated heterocycles. The molecule has 1 aliphatic rings. The van der Waals surface area contributed by atoms with Gasteiger partial charge in [-0.05, 0) is 37.1 Å². The number of ketones is 1. The summed E-state index contributed by atoms with van der Waals surface area (Å²) in [5.41, 5.74) is 2.93. The van der Waals surface area contributed by atoms with Crippen molar-refractivity contribution >= 4 is 17.4 Å². The Labute approximate surface area is 118 Å². The number of hydrogen-bond donors (Lipinski definition) is 1. The number of fused-ring (bicyclic) bond motifs is 1. The summed E-state index contributed by atoms with van der Waals surface area (Å²) in [5, 5.41) is 2.81. The Morgan fingerprint density at radius 1 is 1.40 bits per heavy atom. The minimum absolute atomic E-state index is 0.00876. The van der Waals surface area contributed by atoms with Crippen LogP contribution in [0.15, 0.2) is 18.2 Å². The number of amides is 1. The number of ether oxygens (including phenoxy) is 1. The van der Waals surface area contributed by atoms with Gasteiger partial charge in [-0.1, -0.05) is 0 Å². The molecule has 1 amide bonds. The zero-order valence-corrected chi connectivity index (χ0v) is 11.9. The molecule has 20 heavy (non-hydrogen) atoms. The van der Waals surface area contributed by atoms with E-state index < -0.39 is 0 Å². The molecular weight excluding hydrogens is 256 g/mol. The Kier molecular flexibility index (Phi) is 4.74. The number of nitrogens with one attached hydrogen (secondary N) is 1. The molecule has 0 aliphatic carbocycles. The molecule has 1 aromatic rings. The van der Waals surface area contributed by atoms with Crippen molar-refractivity contribution in [3.63, 3.8) is 0 Å². The van der Waals surface area contributed by atoms with Crippen molar-refractivity contribution in [2.75, 3.05) is 38.3 Å². The van der Waals surface area contributed by atoms with Gasteiger partial charge in [0.25, 0.3) is 0 Å². The highest BCUT2D eigenvalue weighted by Crippen LogP contribution is 2.28. The first-order valence-corrected chi connectivity index (χ1v) is 6.76. The molecule has 108 valence electrons. The number of nitrogens with zero attached hydrogens (tertiary/aromatic N) is 1. The van der Waals surface area contributed by atoms with Gasteiger partial charge < -0.3 is 15.0 Å². The Balaban J connectivity index is 1.98.